The Morgan fingerprint density at radius 2 is 0.730 bits per heavy atom. The van der Waals surface area contributed by atoms with E-state index < -0.39 is 78.4 Å². The quantitative estimate of drug-likeness (QED) is 0.0332. The minimum atomic E-state index is -1.11. The van der Waals surface area contributed by atoms with Gasteiger partial charge in [-0.15, -0.1) is 0 Å². The third-order valence-corrected chi connectivity index (χ3v) is 10.5. The van der Waals surface area contributed by atoms with Gasteiger partial charge in [0.15, 0.2) is 0 Å². The third-order valence-electron chi connectivity index (χ3n) is 10.5. The lowest BCUT2D eigenvalue weighted by Crippen LogP contribution is -2.31. The average molecular weight is 901 g/mol. The predicted molar refractivity (Wildman–Crippen MR) is 237 cm³/mol. The maximum atomic E-state index is 13.4. The molecule has 6 unspecified atom stereocenters. The van der Waals surface area contributed by atoms with Gasteiger partial charge in [0.05, 0.1) is 51.0 Å². The lowest BCUT2D eigenvalue weighted by Gasteiger charge is -2.23. The van der Waals surface area contributed by atoms with Gasteiger partial charge in [0.1, 0.15) is 37.1 Å². The van der Waals surface area contributed by atoms with Crippen molar-refractivity contribution < 1.29 is 72.2 Å². The van der Waals surface area contributed by atoms with Crippen LogP contribution in [0.2, 0.25) is 0 Å². The number of carbonyl (C=O) groups excluding carboxylic acids is 6. The van der Waals surface area contributed by atoms with E-state index in [4.69, 9.17) is 33.5 Å². The zero-order valence-corrected chi connectivity index (χ0v) is 39.7. The molecule has 0 saturated heterocycles. The molecule has 0 saturated carbocycles. The van der Waals surface area contributed by atoms with Crippen LogP contribution in [0.5, 0.6) is 0 Å². The van der Waals surface area contributed by atoms with Crippen LogP contribution in [0.1, 0.15) is 221 Å². The first-order valence-electron chi connectivity index (χ1n) is 24.2. The van der Waals surface area contributed by atoms with Crippen molar-refractivity contribution in [3.05, 3.63) is 0 Å². The molecule has 15 heteroatoms. The Hall–Kier alpha value is -3.75. The third kappa shape index (κ3) is 34.3. The number of aliphatic carboxylic acids is 1. The molecule has 2 N–H and O–H groups in total. The molecule has 0 aliphatic carbocycles. The maximum Gasteiger partial charge on any atom is 0.309 e. The van der Waals surface area contributed by atoms with E-state index in [0.29, 0.717) is 57.8 Å². The highest BCUT2D eigenvalue weighted by Crippen LogP contribution is 2.21. The molecule has 0 bridgehead atoms. The highest BCUT2D eigenvalue weighted by atomic mass is 16.6. The zero-order valence-electron chi connectivity index (χ0n) is 39.7. The predicted octanol–water partition coefficient (Wildman–Crippen LogP) is 9.58. The van der Waals surface area contributed by atoms with Gasteiger partial charge in [-0.3, -0.25) is 33.6 Å². The van der Waals surface area contributed by atoms with Gasteiger partial charge in [-0.05, 0) is 51.4 Å². The van der Waals surface area contributed by atoms with E-state index in [-0.39, 0.29) is 51.6 Å². The van der Waals surface area contributed by atoms with E-state index in [2.05, 4.69) is 13.8 Å². The molecular weight excluding hydrogens is 817 g/mol. The number of carbonyl (C=O) groups is 7. The zero-order chi connectivity index (χ0) is 47.3. The summed E-state index contributed by atoms with van der Waals surface area (Å²) in [7, 11) is 0. The Balaban J connectivity index is 5.56. The second-order valence-corrected chi connectivity index (χ2v) is 16.7. The SMILES string of the molecule is CCCCCCCC(O)CC(=O)OC(CCCCCC)CC(=O)OC(CCCCC)CC(=O)OC(CCCC)CC(=O)OC(CCC)CC(=O)OC(CC)CC(=O)OCCC(=O)O. The van der Waals surface area contributed by atoms with Crippen LogP contribution in [0.4, 0.5) is 0 Å². The number of unbranched alkanes of at least 4 members (excludes halogenated alkanes) is 10. The molecule has 366 valence electrons. The Bertz CT molecular complexity index is 1270. The van der Waals surface area contributed by atoms with Crippen molar-refractivity contribution in [2.24, 2.45) is 0 Å². The maximum absolute atomic E-state index is 13.4. The molecule has 0 aromatic heterocycles. The van der Waals surface area contributed by atoms with Gasteiger partial charge in [-0.25, -0.2) is 0 Å². The van der Waals surface area contributed by atoms with Crippen molar-refractivity contribution in [1.82, 2.24) is 0 Å². The highest BCUT2D eigenvalue weighted by Gasteiger charge is 2.28. The fourth-order valence-corrected chi connectivity index (χ4v) is 6.94. The van der Waals surface area contributed by atoms with Crippen LogP contribution in [0, 0.1) is 0 Å². The summed E-state index contributed by atoms with van der Waals surface area (Å²) in [6, 6.07) is 0. The lowest BCUT2D eigenvalue weighted by molar-refractivity contribution is -0.163. The molecule has 0 rings (SSSR count). The Morgan fingerprint density at radius 3 is 1.17 bits per heavy atom. The van der Waals surface area contributed by atoms with E-state index in [1.54, 1.807) is 6.92 Å². The minimum Gasteiger partial charge on any atom is -0.481 e. The van der Waals surface area contributed by atoms with Crippen LogP contribution >= 0.6 is 0 Å². The van der Waals surface area contributed by atoms with E-state index >= 15 is 0 Å². The summed E-state index contributed by atoms with van der Waals surface area (Å²) in [6.45, 7) is 11.5. The number of carboxylic acid groups (broad SMARTS) is 1. The second-order valence-electron chi connectivity index (χ2n) is 16.7. The molecule has 0 radical (unpaired) electrons. The molecule has 0 aromatic rings. The Morgan fingerprint density at radius 1 is 0.381 bits per heavy atom. The molecule has 0 amide bonds. The summed E-state index contributed by atoms with van der Waals surface area (Å²) in [5.41, 5.74) is 0. The smallest absolute Gasteiger partial charge is 0.309 e. The fraction of sp³-hybridized carbons (Fsp3) is 0.854. The number of ether oxygens (including phenoxy) is 6. The first-order valence-corrected chi connectivity index (χ1v) is 24.2. The monoisotopic (exact) mass is 901 g/mol. The van der Waals surface area contributed by atoms with Gasteiger partial charge in [0, 0.05) is 0 Å². The van der Waals surface area contributed by atoms with Gasteiger partial charge >= 0.3 is 41.8 Å². The highest BCUT2D eigenvalue weighted by molar-refractivity contribution is 5.76. The Labute approximate surface area is 377 Å². The molecule has 0 heterocycles. The summed E-state index contributed by atoms with van der Waals surface area (Å²) in [5, 5.41) is 19.2. The molecule has 0 aliphatic rings. The van der Waals surface area contributed by atoms with Gasteiger partial charge in [0.2, 0.25) is 0 Å². The number of carboxylic acids is 1. The van der Waals surface area contributed by atoms with Gasteiger partial charge < -0.3 is 38.6 Å². The van der Waals surface area contributed by atoms with Crippen LogP contribution in [0.15, 0.2) is 0 Å². The molecule has 63 heavy (non-hydrogen) atoms. The first kappa shape index (κ1) is 59.2. The summed E-state index contributed by atoms with van der Waals surface area (Å²) in [6.07, 6.45) is 9.44. The molecular formula is C48H84O15. The normalized spacial score (nSPS) is 14.0. The standard InChI is InChI=1S/C48H84O15/c1-7-13-17-19-21-24-36(49)30-44(53)61-41(27-22-18-14-8-2)35-48(57)63-40(26-20-15-9-3)34-47(56)62-39(25-16-10-4)33-46(55)60-38(23-11-5)32-45(54)59-37(12-6)31-43(52)58-29-28-42(50)51/h36-41,49H,7-35H2,1-6H3,(H,50,51). The second kappa shape index (κ2) is 38.7. The fourth-order valence-electron chi connectivity index (χ4n) is 6.94. The molecule has 6 atom stereocenters. The first-order chi connectivity index (χ1) is 30.2. The minimum absolute atomic E-state index is 0.142. The summed E-state index contributed by atoms with van der Waals surface area (Å²) in [5.74, 6) is -4.92. The Kier molecular flexibility index (Phi) is 36.4. The molecule has 15 nitrogen and oxygen atoms in total. The number of rotatable bonds is 41. The van der Waals surface area contributed by atoms with E-state index in [9.17, 15) is 38.7 Å². The van der Waals surface area contributed by atoms with Crippen LogP contribution in [0.3, 0.4) is 0 Å². The number of hydrogen-bond acceptors (Lipinski definition) is 14. The van der Waals surface area contributed by atoms with Crippen LogP contribution in [-0.2, 0) is 62.0 Å². The molecule has 0 fully saturated rings. The largest absolute Gasteiger partial charge is 0.481 e. The molecule has 0 aromatic carbocycles. The van der Waals surface area contributed by atoms with Crippen molar-refractivity contribution in [1.29, 1.82) is 0 Å². The number of esters is 6. The van der Waals surface area contributed by atoms with Crippen molar-refractivity contribution in [3.63, 3.8) is 0 Å². The van der Waals surface area contributed by atoms with E-state index in [1.807, 2.05) is 20.8 Å². The van der Waals surface area contributed by atoms with Crippen LogP contribution in [0.25, 0.3) is 0 Å². The van der Waals surface area contributed by atoms with Gasteiger partial charge in [-0.2, -0.15) is 0 Å². The van der Waals surface area contributed by atoms with Crippen molar-refractivity contribution in [2.45, 2.75) is 258 Å². The topological polar surface area (TPSA) is 215 Å². The van der Waals surface area contributed by atoms with Crippen molar-refractivity contribution >= 4 is 41.8 Å². The molecule has 0 spiro atoms. The van der Waals surface area contributed by atoms with Gasteiger partial charge in [0.25, 0.3) is 0 Å². The summed E-state index contributed by atoms with van der Waals surface area (Å²) >= 11 is 0. The van der Waals surface area contributed by atoms with E-state index in [0.717, 1.165) is 77.0 Å². The molecule has 0 aliphatic heterocycles. The van der Waals surface area contributed by atoms with Crippen LogP contribution < -0.4 is 0 Å². The number of aliphatic hydroxyl groups excluding tert-OH is 1. The number of aliphatic hydroxyl groups is 1. The lowest BCUT2D eigenvalue weighted by atomic mass is 10.1. The summed E-state index contributed by atoms with van der Waals surface area (Å²) in [4.78, 5) is 88.5. The van der Waals surface area contributed by atoms with E-state index in [1.165, 1.54) is 0 Å². The van der Waals surface area contributed by atoms with Crippen LogP contribution in [-0.4, -0.2) is 95.2 Å². The average Bonchev–Trinajstić information content (AvgIpc) is 3.20. The van der Waals surface area contributed by atoms with Crippen molar-refractivity contribution in [3.8, 4) is 0 Å². The van der Waals surface area contributed by atoms with Crippen molar-refractivity contribution in [2.75, 3.05) is 6.61 Å². The summed E-state index contributed by atoms with van der Waals surface area (Å²) < 4.78 is 33.4. The number of hydrogen-bond donors (Lipinski definition) is 2. The van der Waals surface area contributed by atoms with Gasteiger partial charge in [-0.1, -0.05) is 125 Å².